The van der Waals surface area contributed by atoms with E-state index in [0.717, 1.165) is 24.3 Å². The molecule has 2 heteroatoms. The van der Waals surface area contributed by atoms with Crippen LogP contribution in [0.15, 0.2) is 66.4 Å². The van der Waals surface area contributed by atoms with Gasteiger partial charge in [0.1, 0.15) is 5.82 Å². The van der Waals surface area contributed by atoms with Crippen molar-refractivity contribution in [2.75, 3.05) is 11.9 Å². The van der Waals surface area contributed by atoms with Crippen molar-refractivity contribution < 1.29 is 0 Å². The van der Waals surface area contributed by atoms with Crippen LogP contribution in [0.2, 0.25) is 0 Å². The second-order valence-electron chi connectivity index (χ2n) is 8.10. The fraction of sp³-hybridized carbons (Fsp3) is 0.222. The Kier molecular flexibility index (Phi) is 5.35. The Morgan fingerprint density at radius 2 is 1.69 bits per heavy atom. The predicted octanol–water partition coefficient (Wildman–Crippen LogP) is 6.98. The zero-order valence-corrected chi connectivity index (χ0v) is 17.7. The highest BCUT2D eigenvalue weighted by molar-refractivity contribution is 5.78. The van der Waals surface area contributed by atoms with Crippen LogP contribution in [0.25, 0.3) is 28.3 Å². The Morgan fingerprint density at radius 1 is 0.966 bits per heavy atom. The summed E-state index contributed by atoms with van der Waals surface area (Å²) in [6.07, 6.45) is 9.65. The molecule has 2 aromatic carbocycles. The first-order valence-electron chi connectivity index (χ1n) is 10.3. The molecule has 1 aliphatic rings. The van der Waals surface area contributed by atoms with Crippen LogP contribution in [-0.4, -0.2) is 11.5 Å². The summed E-state index contributed by atoms with van der Waals surface area (Å²) in [4.78, 5) is 4.59. The normalized spacial score (nSPS) is 12.0. The fourth-order valence-electron chi connectivity index (χ4n) is 3.87. The van der Waals surface area contributed by atoms with E-state index in [-0.39, 0.29) is 0 Å². The van der Waals surface area contributed by atoms with Gasteiger partial charge >= 0.3 is 0 Å². The number of nitrogens with zero attached hydrogens (tertiary/aromatic N) is 1. The number of anilines is 1. The Hall–Kier alpha value is -3.13. The molecular formula is C27H28N2. The minimum Gasteiger partial charge on any atom is -0.367 e. The van der Waals surface area contributed by atoms with E-state index in [9.17, 15) is 0 Å². The highest BCUT2D eigenvalue weighted by atomic mass is 15.0. The van der Waals surface area contributed by atoms with Crippen molar-refractivity contribution >= 4 is 11.9 Å². The molecular weight excluding hydrogens is 352 g/mol. The number of nitrogens with one attached hydrogen (secondary N) is 1. The molecule has 146 valence electrons. The summed E-state index contributed by atoms with van der Waals surface area (Å²) >= 11 is 0. The van der Waals surface area contributed by atoms with Gasteiger partial charge in [0.25, 0.3) is 0 Å². The van der Waals surface area contributed by atoms with E-state index in [0.29, 0.717) is 0 Å². The average molecular weight is 381 g/mol. The second-order valence-corrected chi connectivity index (χ2v) is 8.10. The fourth-order valence-corrected chi connectivity index (χ4v) is 3.87. The minimum atomic E-state index is 0.803. The van der Waals surface area contributed by atoms with Crippen LogP contribution in [0, 0.1) is 13.8 Å². The van der Waals surface area contributed by atoms with Crippen molar-refractivity contribution in [3.8, 4) is 22.3 Å². The standard InChI is InChI=1S/C27H28N2/c1-18(2)12-13-28-27-11-10-24(17-29-27)26-15-19(3)25(14-20(26)4)23-9-8-21-6-5-7-22(21)16-23/h5,7-12,14-17H,6,13H2,1-4H3,(H,28,29). The maximum Gasteiger partial charge on any atom is 0.126 e. The maximum absolute atomic E-state index is 4.59. The molecule has 0 amide bonds. The van der Waals surface area contributed by atoms with Gasteiger partial charge in [-0.1, -0.05) is 48.1 Å². The van der Waals surface area contributed by atoms with E-state index in [1.54, 1.807) is 0 Å². The molecule has 0 saturated carbocycles. The summed E-state index contributed by atoms with van der Waals surface area (Å²) in [6.45, 7) is 9.40. The van der Waals surface area contributed by atoms with Crippen molar-refractivity contribution in [3.63, 3.8) is 0 Å². The maximum atomic E-state index is 4.59. The van der Waals surface area contributed by atoms with Crippen molar-refractivity contribution in [2.24, 2.45) is 0 Å². The number of benzene rings is 2. The van der Waals surface area contributed by atoms with E-state index in [1.807, 2.05) is 6.20 Å². The summed E-state index contributed by atoms with van der Waals surface area (Å²) in [5.74, 6) is 0.906. The van der Waals surface area contributed by atoms with Crippen molar-refractivity contribution in [1.29, 1.82) is 0 Å². The lowest BCUT2D eigenvalue weighted by Crippen LogP contribution is -2.00. The molecule has 1 N–H and O–H groups in total. The molecule has 0 radical (unpaired) electrons. The lowest BCUT2D eigenvalue weighted by atomic mass is 9.91. The second kappa shape index (κ2) is 8.08. The summed E-state index contributed by atoms with van der Waals surface area (Å²) in [7, 11) is 0. The molecule has 0 atom stereocenters. The van der Waals surface area contributed by atoms with Gasteiger partial charge in [-0.2, -0.15) is 0 Å². The van der Waals surface area contributed by atoms with Gasteiger partial charge < -0.3 is 5.32 Å². The molecule has 0 spiro atoms. The van der Waals surface area contributed by atoms with Gasteiger partial charge in [-0.05, 0) is 91.3 Å². The quantitative estimate of drug-likeness (QED) is 0.483. The van der Waals surface area contributed by atoms with E-state index < -0.39 is 0 Å². The molecule has 0 saturated heterocycles. The number of aryl methyl sites for hydroxylation is 2. The van der Waals surface area contributed by atoms with Crippen molar-refractivity contribution in [3.05, 3.63) is 88.6 Å². The highest BCUT2D eigenvalue weighted by Crippen LogP contribution is 2.33. The zero-order chi connectivity index (χ0) is 20.4. The van der Waals surface area contributed by atoms with Gasteiger partial charge in [0, 0.05) is 18.3 Å². The van der Waals surface area contributed by atoms with Crippen LogP contribution >= 0.6 is 0 Å². The Bertz CT molecular complexity index is 1100. The average Bonchev–Trinajstić information content (AvgIpc) is 3.17. The third kappa shape index (κ3) is 4.17. The van der Waals surface area contributed by atoms with Gasteiger partial charge in [-0.15, -0.1) is 0 Å². The lowest BCUT2D eigenvalue weighted by Gasteiger charge is -2.14. The number of hydrogen-bond donors (Lipinski definition) is 1. The molecule has 1 aliphatic carbocycles. The Labute approximate surface area is 174 Å². The first kappa shape index (κ1) is 19.2. The number of aromatic nitrogens is 1. The number of pyridine rings is 1. The molecule has 1 heterocycles. The smallest absolute Gasteiger partial charge is 0.126 e. The summed E-state index contributed by atoms with van der Waals surface area (Å²) in [5.41, 5.74) is 11.6. The molecule has 3 aromatic rings. The number of fused-ring (bicyclic) bond motifs is 1. The van der Waals surface area contributed by atoms with Crippen molar-refractivity contribution in [2.45, 2.75) is 34.1 Å². The van der Waals surface area contributed by atoms with E-state index in [4.69, 9.17) is 0 Å². The van der Waals surface area contributed by atoms with Crippen LogP contribution in [0.5, 0.6) is 0 Å². The first-order chi connectivity index (χ1) is 14.0. The third-order valence-corrected chi connectivity index (χ3v) is 5.53. The van der Waals surface area contributed by atoms with Gasteiger partial charge in [-0.3, -0.25) is 0 Å². The minimum absolute atomic E-state index is 0.803. The van der Waals surface area contributed by atoms with Gasteiger partial charge in [0.2, 0.25) is 0 Å². The van der Waals surface area contributed by atoms with E-state index >= 15 is 0 Å². The SMILES string of the molecule is CC(C)=CCNc1ccc(-c2cc(C)c(-c3ccc4c(c3)C=CC4)cc2C)cn1. The molecule has 29 heavy (non-hydrogen) atoms. The summed E-state index contributed by atoms with van der Waals surface area (Å²) in [5, 5.41) is 3.34. The van der Waals surface area contributed by atoms with Crippen LogP contribution in [0.1, 0.15) is 36.1 Å². The number of hydrogen-bond acceptors (Lipinski definition) is 2. The first-order valence-corrected chi connectivity index (χ1v) is 10.3. The van der Waals surface area contributed by atoms with Crippen LogP contribution in [-0.2, 0) is 6.42 Å². The molecule has 2 nitrogen and oxygen atoms in total. The highest BCUT2D eigenvalue weighted by Gasteiger charge is 2.11. The largest absolute Gasteiger partial charge is 0.367 e. The molecule has 0 bridgehead atoms. The Balaban J connectivity index is 1.60. The Morgan fingerprint density at radius 3 is 2.38 bits per heavy atom. The summed E-state index contributed by atoms with van der Waals surface area (Å²) in [6, 6.07) is 15.6. The zero-order valence-electron chi connectivity index (χ0n) is 17.7. The van der Waals surface area contributed by atoms with Gasteiger partial charge in [0.05, 0.1) is 0 Å². The van der Waals surface area contributed by atoms with Crippen LogP contribution < -0.4 is 5.32 Å². The third-order valence-electron chi connectivity index (χ3n) is 5.53. The monoisotopic (exact) mass is 380 g/mol. The molecule has 0 unspecified atom stereocenters. The van der Waals surface area contributed by atoms with Crippen molar-refractivity contribution in [1.82, 2.24) is 4.98 Å². The van der Waals surface area contributed by atoms with E-state index in [1.165, 1.54) is 44.5 Å². The van der Waals surface area contributed by atoms with Gasteiger partial charge in [-0.25, -0.2) is 4.98 Å². The van der Waals surface area contributed by atoms with Crippen LogP contribution in [0.4, 0.5) is 5.82 Å². The summed E-state index contributed by atoms with van der Waals surface area (Å²) < 4.78 is 0. The predicted molar refractivity (Wildman–Crippen MR) is 125 cm³/mol. The molecule has 0 aliphatic heterocycles. The number of allylic oxidation sites excluding steroid dienone is 2. The molecule has 4 rings (SSSR count). The molecule has 0 fully saturated rings. The van der Waals surface area contributed by atoms with Gasteiger partial charge in [0.15, 0.2) is 0 Å². The topological polar surface area (TPSA) is 24.9 Å². The lowest BCUT2D eigenvalue weighted by molar-refractivity contribution is 1.20. The number of rotatable bonds is 5. The van der Waals surface area contributed by atoms with E-state index in [2.05, 4.69) is 98.7 Å². The molecule has 1 aromatic heterocycles. The van der Waals surface area contributed by atoms with Crippen LogP contribution in [0.3, 0.4) is 0 Å².